The summed E-state index contributed by atoms with van der Waals surface area (Å²) < 4.78 is 9.03. The molecule has 0 aliphatic heterocycles. The fourth-order valence-electron chi connectivity index (χ4n) is 7.64. The Balaban J connectivity index is 0.902. The van der Waals surface area contributed by atoms with Gasteiger partial charge >= 0.3 is 0 Å². The van der Waals surface area contributed by atoms with Crippen molar-refractivity contribution in [3.8, 4) is 0 Å². The third-order valence-corrected chi connectivity index (χ3v) is 11.5. The molecular formula is C47H63N19O8. The van der Waals surface area contributed by atoms with Gasteiger partial charge in [-0.25, -0.2) is 15.0 Å². The maximum absolute atomic E-state index is 13.4. The van der Waals surface area contributed by atoms with E-state index in [2.05, 4.69) is 62.4 Å². The number of amides is 8. The highest BCUT2D eigenvalue weighted by Crippen LogP contribution is 2.20. The minimum atomic E-state index is -0.633. The van der Waals surface area contributed by atoms with Crippen LogP contribution in [0.15, 0.2) is 61.6 Å². The number of hydrogen-bond donors (Lipinski definition) is 9. The second-order valence-electron chi connectivity index (χ2n) is 17.5. The number of carbonyl (C=O) groups excluding carboxylic acids is 8. The van der Waals surface area contributed by atoms with E-state index in [0.717, 1.165) is 25.9 Å². The first-order chi connectivity index (χ1) is 35.3. The average molecular weight is 1020 g/mol. The van der Waals surface area contributed by atoms with Gasteiger partial charge in [0.1, 0.15) is 17.1 Å². The van der Waals surface area contributed by atoms with E-state index in [4.69, 9.17) is 5.73 Å². The van der Waals surface area contributed by atoms with Crippen LogP contribution in [-0.4, -0.2) is 141 Å². The van der Waals surface area contributed by atoms with E-state index in [1.54, 1.807) is 71.6 Å². The molecule has 27 heteroatoms. The Bertz CT molecular complexity index is 3020. The summed E-state index contributed by atoms with van der Waals surface area (Å²) in [4.78, 5) is 118. The molecule has 0 atom stereocenters. The first kappa shape index (κ1) is 54.5. The molecule has 0 aliphatic carbocycles. The van der Waals surface area contributed by atoms with Crippen LogP contribution in [0.1, 0.15) is 95.4 Å². The Morgan fingerprint density at radius 3 is 1.51 bits per heavy atom. The number of rotatable bonds is 25. The fraction of sp³-hybridized carbons (Fsp3) is 0.383. The van der Waals surface area contributed by atoms with E-state index in [-0.39, 0.29) is 90.4 Å². The topological polar surface area (TPSA) is 330 Å². The molecule has 394 valence electrons. The van der Waals surface area contributed by atoms with Gasteiger partial charge in [-0.05, 0) is 64.1 Å². The fourth-order valence-corrected chi connectivity index (χ4v) is 7.64. The summed E-state index contributed by atoms with van der Waals surface area (Å²) in [6.45, 7) is 3.17. The van der Waals surface area contributed by atoms with Crippen LogP contribution in [0.2, 0.25) is 0 Å². The first-order valence-electron chi connectivity index (χ1n) is 23.6. The Kier molecular flexibility index (Phi) is 18.4. The second kappa shape index (κ2) is 25.0. The number of hydrogen-bond acceptors (Lipinski definition) is 13. The van der Waals surface area contributed by atoms with Gasteiger partial charge in [0, 0.05) is 118 Å². The third kappa shape index (κ3) is 14.6. The predicted molar refractivity (Wildman–Crippen MR) is 274 cm³/mol. The van der Waals surface area contributed by atoms with E-state index in [1.807, 2.05) is 7.05 Å². The molecule has 0 saturated carbocycles. The lowest BCUT2D eigenvalue weighted by Crippen LogP contribution is -2.33. The molecule has 6 aromatic heterocycles. The summed E-state index contributed by atoms with van der Waals surface area (Å²) in [5.74, 6) is -3.25. The van der Waals surface area contributed by atoms with Crippen LogP contribution in [-0.2, 0) is 51.9 Å². The molecule has 6 heterocycles. The maximum atomic E-state index is 13.4. The highest BCUT2D eigenvalue weighted by atomic mass is 16.2. The van der Waals surface area contributed by atoms with Crippen molar-refractivity contribution in [3.63, 3.8) is 0 Å². The molecule has 10 N–H and O–H groups in total. The number of carbonyl (C=O) groups is 8. The molecule has 0 fully saturated rings. The summed E-state index contributed by atoms with van der Waals surface area (Å²) in [6, 6.07) is 4.52. The number of aryl methyl sites for hydroxylation is 6. The highest BCUT2D eigenvalue weighted by molar-refractivity contribution is 6.08. The Hall–Kier alpha value is -8.85. The van der Waals surface area contributed by atoms with E-state index >= 15 is 0 Å². The smallest absolute Gasteiger partial charge is 0.292 e. The van der Waals surface area contributed by atoms with Gasteiger partial charge in [-0.1, -0.05) is 0 Å². The Morgan fingerprint density at radius 1 is 0.486 bits per heavy atom. The first-order valence-corrected chi connectivity index (χ1v) is 23.6. The summed E-state index contributed by atoms with van der Waals surface area (Å²) >= 11 is 0. The van der Waals surface area contributed by atoms with E-state index in [0.29, 0.717) is 30.2 Å². The molecule has 0 bridgehead atoms. The predicted octanol–water partition coefficient (Wildman–Crippen LogP) is 0.967. The van der Waals surface area contributed by atoms with Gasteiger partial charge in [-0.3, -0.25) is 38.4 Å². The standard InChI is InChI=1S/C47H63N19O8/c1-60(18-9-13-48)19-10-15-49-37(67)12-16-52-42(69)32-22-30(25-62(32)3)54-44(71)34-23-31(26-64(34)5)55-43(70)33-21-29(24-63(33)4)53-38(68)11-8-14-51-45(72)40-56-35(27-65(40)6)59-47(74)41-57-36(28-66(41)7)58-46(73)39-50-17-20-61(39)2/h17,20-28H,8-16,18-19,48H2,1-7H3,(H,49,67)(H,51,72)(H,52,69)(H,53,68)(H,54,71)(H,55,70)(H,58,73)(H,59,74). The largest absolute Gasteiger partial charge is 0.356 e. The van der Waals surface area contributed by atoms with Gasteiger partial charge in [0.25, 0.3) is 35.4 Å². The zero-order chi connectivity index (χ0) is 53.6. The summed E-state index contributed by atoms with van der Waals surface area (Å²) in [5.41, 5.74) is 7.32. The molecule has 6 aromatic rings. The lowest BCUT2D eigenvalue weighted by molar-refractivity contribution is -0.121. The maximum Gasteiger partial charge on any atom is 0.292 e. The molecule has 74 heavy (non-hydrogen) atoms. The van der Waals surface area contributed by atoms with Gasteiger partial charge in [-0.15, -0.1) is 0 Å². The van der Waals surface area contributed by atoms with Crippen molar-refractivity contribution in [2.45, 2.75) is 32.1 Å². The highest BCUT2D eigenvalue weighted by Gasteiger charge is 2.22. The zero-order valence-electron chi connectivity index (χ0n) is 42.4. The lowest BCUT2D eigenvalue weighted by atomic mass is 10.3. The van der Waals surface area contributed by atoms with Crippen molar-refractivity contribution in [3.05, 3.63) is 96.1 Å². The molecule has 0 aromatic carbocycles. The van der Waals surface area contributed by atoms with Crippen LogP contribution in [0.4, 0.5) is 28.7 Å². The van der Waals surface area contributed by atoms with Crippen LogP contribution in [0, 0.1) is 0 Å². The zero-order valence-corrected chi connectivity index (χ0v) is 42.4. The summed E-state index contributed by atoms with van der Waals surface area (Å²) in [6.07, 6.45) is 12.9. The molecule has 8 amide bonds. The van der Waals surface area contributed by atoms with Crippen molar-refractivity contribution in [2.75, 3.05) is 72.9 Å². The van der Waals surface area contributed by atoms with Crippen LogP contribution in [0.25, 0.3) is 0 Å². The molecule has 6 rings (SSSR count). The number of anilines is 5. The molecule has 0 saturated heterocycles. The number of nitrogens with one attached hydrogen (secondary N) is 8. The molecule has 0 unspecified atom stereocenters. The van der Waals surface area contributed by atoms with Crippen LogP contribution >= 0.6 is 0 Å². The van der Waals surface area contributed by atoms with E-state index in [1.165, 1.54) is 59.6 Å². The van der Waals surface area contributed by atoms with Crippen molar-refractivity contribution in [1.29, 1.82) is 0 Å². The van der Waals surface area contributed by atoms with Crippen LogP contribution in [0.5, 0.6) is 0 Å². The molecule has 27 nitrogen and oxygen atoms in total. The SMILES string of the molecule is CN(CCCN)CCCNC(=O)CCNC(=O)c1cc(NC(=O)c2cc(NC(=O)c3cc(NC(=O)CCCNC(=O)c4nc(NC(=O)c5nc(NC(=O)c6nccn6C)cn5C)cn4C)cn3C)cn2C)cn1C. The van der Waals surface area contributed by atoms with Gasteiger partial charge in [0.05, 0.1) is 17.1 Å². The minimum absolute atomic E-state index is 0.00271. The molecule has 0 spiro atoms. The average Bonchev–Trinajstić information content (AvgIpc) is 4.22. The number of nitrogens with zero attached hydrogens (tertiary/aromatic N) is 10. The Labute approximate surface area is 425 Å². The number of aromatic nitrogens is 9. The molecular weight excluding hydrogens is 959 g/mol. The van der Waals surface area contributed by atoms with Gasteiger partial charge < -0.3 is 80.6 Å². The molecule has 0 aliphatic rings. The second-order valence-corrected chi connectivity index (χ2v) is 17.5. The van der Waals surface area contributed by atoms with Gasteiger partial charge in [0.15, 0.2) is 17.5 Å². The van der Waals surface area contributed by atoms with Crippen molar-refractivity contribution < 1.29 is 38.4 Å². The quantitative estimate of drug-likeness (QED) is 0.0362. The number of nitrogens with two attached hydrogens (primary N) is 1. The van der Waals surface area contributed by atoms with Gasteiger partial charge in [-0.2, -0.15) is 0 Å². The minimum Gasteiger partial charge on any atom is -0.356 e. The summed E-state index contributed by atoms with van der Waals surface area (Å²) in [7, 11) is 11.8. The van der Waals surface area contributed by atoms with Crippen LogP contribution < -0.4 is 48.3 Å². The lowest BCUT2D eigenvalue weighted by Gasteiger charge is -2.15. The van der Waals surface area contributed by atoms with Crippen molar-refractivity contribution in [1.82, 2.24) is 63.2 Å². The van der Waals surface area contributed by atoms with Gasteiger partial charge in [0.2, 0.25) is 23.5 Å². The van der Waals surface area contributed by atoms with E-state index in [9.17, 15) is 38.4 Å². The number of imidazole rings is 3. The monoisotopic (exact) mass is 1020 g/mol. The normalized spacial score (nSPS) is 11.0. The third-order valence-electron chi connectivity index (χ3n) is 11.5. The van der Waals surface area contributed by atoms with Crippen molar-refractivity contribution >= 4 is 76.0 Å². The van der Waals surface area contributed by atoms with Crippen LogP contribution in [0.3, 0.4) is 0 Å². The van der Waals surface area contributed by atoms with E-state index < -0.39 is 35.4 Å². The Morgan fingerprint density at radius 2 is 0.973 bits per heavy atom. The molecule has 0 radical (unpaired) electrons. The summed E-state index contributed by atoms with van der Waals surface area (Å²) in [5, 5.41) is 21.8. The van der Waals surface area contributed by atoms with Crippen molar-refractivity contribution in [2.24, 2.45) is 48.0 Å².